The first kappa shape index (κ1) is 21.4. The molecule has 28 heavy (non-hydrogen) atoms. The molecule has 0 unspecified atom stereocenters. The average molecular weight is 411 g/mol. The summed E-state index contributed by atoms with van der Waals surface area (Å²) >= 11 is 5.97. The number of halogens is 1. The van der Waals surface area contributed by atoms with E-state index in [0.29, 0.717) is 30.6 Å². The van der Waals surface area contributed by atoms with Gasteiger partial charge in [-0.05, 0) is 18.2 Å². The zero-order valence-corrected chi connectivity index (χ0v) is 15.5. The number of benzene rings is 1. The highest BCUT2D eigenvalue weighted by Gasteiger charge is 2.15. The molecule has 0 aliphatic carbocycles. The molecule has 0 spiro atoms. The third-order valence-corrected chi connectivity index (χ3v) is 3.82. The van der Waals surface area contributed by atoms with Crippen molar-refractivity contribution >= 4 is 35.3 Å². The number of carboxylic acid groups (broad SMARTS) is 2. The molecule has 1 aliphatic heterocycles. The lowest BCUT2D eigenvalue weighted by Gasteiger charge is -2.25. The Morgan fingerprint density at radius 3 is 2.43 bits per heavy atom. The van der Waals surface area contributed by atoms with Crippen LogP contribution in [0.4, 0.5) is 5.82 Å². The zero-order valence-electron chi connectivity index (χ0n) is 14.7. The van der Waals surface area contributed by atoms with Crippen molar-refractivity contribution in [3.63, 3.8) is 0 Å². The van der Waals surface area contributed by atoms with Crippen molar-refractivity contribution in [2.45, 2.75) is 0 Å². The molecular weight excluding hydrogens is 392 g/mol. The third kappa shape index (κ3) is 6.99. The van der Waals surface area contributed by atoms with Gasteiger partial charge in [-0.2, -0.15) is 5.10 Å². The maximum Gasteiger partial charge on any atom is 0.414 e. The predicted octanol–water partition coefficient (Wildman–Crippen LogP) is 0.952. The van der Waals surface area contributed by atoms with E-state index in [2.05, 4.69) is 15.3 Å². The maximum atomic E-state index is 12.0. The van der Waals surface area contributed by atoms with Crippen LogP contribution in [0, 0.1) is 0 Å². The summed E-state index contributed by atoms with van der Waals surface area (Å²) in [6.07, 6.45) is 1.79. The van der Waals surface area contributed by atoms with Crippen molar-refractivity contribution in [2.75, 3.05) is 38.2 Å². The van der Waals surface area contributed by atoms with Gasteiger partial charge in [0, 0.05) is 30.4 Å². The number of nitrogens with one attached hydrogen (secondary N) is 1. The fourth-order valence-electron chi connectivity index (χ4n) is 2.30. The van der Waals surface area contributed by atoms with Gasteiger partial charge in [-0.3, -0.25) is 9.69 Å². The number of aliphatic carboxylic acids is 2. The Balaban J connectivity index is 0.000000409. The second-order valence-electron chi connectivity index (χ2n) is 5.67. The zero-order chi connectivity index (χ0) is 20.5. The lowest BCUT2D eigenvalue weighted by atomic mass is 10.3. The summed E-state index contributed by atoms with van der Waals surface area (Å²) in [5.41, 5.74) is 0.848. The number of anilines is 1. The molecule has 1 aliphatic rings. The van der Waals surface area contributed by atoms with E-state index < -0.39 is 11.9 Å². The number of nitrogens with zero attached hydrogens (tertiary/aromatic N) is 3. The van der Waals surface area contributed by atoms with E-state index in [1.165, 1.54) is 0 Å². The van der Waals surface area contributed by atoms with Crippen LogP contribution in [-0.2, 0) is 19.1 Å². The number of hydrogen-bond acceptors (Lipinski definition) is 6. The van der Waals surface area contributed by atoms with Crippen molar-refractivity contribution < 1.29 is 29.3 Å². The van der Waals surface area contributed by atoms with E-state index >= 15 is 0 Å². The van der Waals surface area contributed by atoms with Crippen LogP contribution in [0.5, 0.6) is 0 Å². The predicted molar refractivity (Wildman–Crippen MR) is 99.7 cm³/mol. The molecule has 2 aromatic rings. The van der Waals surface area contributed by atoms with Crippen LogP contribution in [0.25, 0.3) is 5.69 Å². The van der Waals surface area contributed by atoms with Gasteiger partial charge in [-0.15, -0.1) is 0 Å². The third-order valence-electron chi connectivity index (χ3n) is 3.58. The van der Waals surface area contributed by atoms with Crippen molar-refractivity contribution in [1.82, 2.24) is 14.7 Å². The quantitative estimate of drug-likeness (QED) is 0.634. The first-order valence-corrected chi connectivity index (χ1v) is 8.60. The number of ether oxygens (including phenoxy) is 1. The summed E-state index contributed by atoms with van der Waals surface area (Å²) < 4.78 is 6.94. The van der Waals surface area contributed by atoms with Crippen LogP contribution < -0.4 is 5.32 Å². The summed E-state index contributed by atoms with van der Waals surface area (Å²) in [4.78, 5) is 32.3. The van der Waals surface area contributed by atoms with Gasteiger partial charge in [-0.1, -0.05) is 17.7 Å². The van der Waals surface area contributed by atoms with Crippen molar-refractivity contribution in [3.8, 4) is 5.69 Å². The smallest absolute Gasteiger partial charge is 0.414 e. The number of amides is 1. The number of carbonyl (C=O) groups excluding carboxylic acids is 1. The molecule has 1 fully saturated rings. The Kier molecular flexibility index (Phi) is 7.93. The molecule has 1 aromatic heterocycles. The number of hydrogen-bond donors (Lipinski definition) is 3. The van der Waals surface area contributed by atoms with E-state index in [9.17, 15) is 4.79 Å². The van der Waals surface area contributed by atoms with Gasteiger partial charge >= 0.3 is 11.9 Å². The molecular formula is C17H19ClN4O6. The van der Waals surface area contributed by atoms with Gasteiger partial charge in [0.15, 0.2) is 5.82 Å². The molecule has 0 radical (unpaired) electrons. The molecule has 3 N–H and O–H groups in total. The average Bonchev–Trinajstić information content (AvgIpc) is 3.11. The first-order chi connectivity index (χ1) is 13.3. The largest absolute Gasteiger partial charge is 0.473 e. The number of carboxylic acids is 2. The minimum absolute atomic E-state index is 0.0711. The summed E-state index contributed by atoms with van der Waals surface area (Å²) in [5.74, 6) is -3.19. The molecule has 0 atom stereocenters. The molecule has 2 heterocycles. The molecule has 0 bridgehead atoms. The topological polar surface area (TPSA) is 134 Å². The number of morpholine rings is 1. The molecule has 10 nitrogen and oxygen atoms in total. The van der Waals surface area contributed by atoms with Gasteiger partial charge in [0.25, 0.3) is 0 Å². The van der Waals surface area contributed by atoms with Crippen LogP contribution in [-0.4, -0.2) is 75.6 Å². The van der Waals surface area contributed by atoms with Crippen LogP contribution in [0.1, 0.15) is 0 Å². The number of rotatable bonds is 4. The standard InChI is InChI=1S/C15H17ClN4O2.C2H2O4/c16-12-2-1-3-13(10-12)20-5-4-14(18-20)17-15(21)11-19-6-8-22-9-7-19;3-1(4)2(5)6/h1-5,10H,6-9,11H2,(H,17,18,21);(H,3,4)(H,5,6). The van der Waals surface area contributed by atoms with Crippen molar-refractivity contribution in [3.05, 3.63) is 41.6 Å². The van der Waals surface area contributed by atoms with Crippen LogP contribution >= 0.6 is 11.6 Å². The Morgan fingerprint density at radius 2 is 1.82 bits per heavy atom. The van der Waals surface area contributed by atoms with E-state index in [0.717, 1.165) is 18.8 Å². The SMILES string of the molecule is O=C(CN1CCOCC1)Nc1ccn(-c2cccc(Cl)c2)n1.O=C(O)C(=O)O. The second-order valence-corrected chi connectivity index (χ2v) is 6.11. The minimum Gasteiger partial charge on any atom is -0.473 e. The van der Waals surface area contributed by atoms with Gasteiger partial charge < -0.3 is 20.3 Å². The summed E-state index contributed by atoms with van der Waals surface area (Å²) in [6.45, 7) is 3.27. The van der Waals surface area contributed by atoms with Crippen molar-refractivity contribution in [1.29, 1.82) is 0 Å². The maximum absolute atomic E-state index is 12.0. The van der Waals surface area contributed by atoms with Crippen LogP contribution in [0.3, 0.4) is 0 Å². The molecule has 1 saturated heterocycles. The van der Waals surface area contributed by atoms with E-state index in [1.54, 1.807) is 23.0 Å². The van der Waals surface area contributed by atoms with E-state index in [1.807, 2.05) is 18.2 Å². The van der Waals surface area contributed by atoms with Crippen LogP contribution in [0.15, 0.2) is 36.5 Å². The lowest BCUT2D eigenvalue weighted by molar-refractivity contribution is -0.159. The highest BCUT2D eigenvalue weighted by molar-refractivity contribution is 6.30. The van der Waals surface area contributed by atoms with Crippen molar-refractivity contribution in [2.24, 2.45) is 0 Å². The fourth-order valence-corrected chi connectivity index (χ4v) is 2.48. The highest BCUT2D eigenvalue weighted by atomic mass is 35.5. The Bertz CT molecular complexity index is 823. The number of carbonyl (C=O) groups is 3. The number of aromatic nitrogens is 2. The Hall–Kier alpha value is -2.95. The molecule has 3 rings (SSSR count). The Morgan fingerprint density at radius 1 is 1.14 bits per heavy atom. The normalized spacial score (nSPS) is 13.9. The van der Waals surface area contributed by atoms with Gasteiger partial charge in [0.1, 0.15) is 0 Å². The monoisotopic (exact) mass is 410 g/mol. The Labute approximate surface area is 165 Å². The fraction of sp³-hybridized carbons (Fsp3) is 0.294. The first-order valence-electron chi connectivity index (χ1n) is 8.23. The summed E-state index contributed by atoms with van der Waals surface area (Å²) in [5, 5.41) is 22.6. The highest BCUT2D eigenvalue weighted by Crippen LogP contribution is 2.15. The lowest BCUT2D eigenvalue weighted by Crippen LogP contribution is -2.41. The second kappa shape index (κ2) is 10.4. The van der Waals surface area contributed by atoms with E-state index in [-0.39, 0.29) is 5.91 Å². The summed E-state index contributed by atoms with van der Waals surface area (Å²) in [7, 11) is 0. The van der Waals surface area contributed by atoms with Gasteiger partial charge in [0.05, 0.1) is 25.4 Å². The summed E-state index contributed by atoms with van der Waals surface area (Å²) in [6, 6.07) is 9.14. The molecule has 1 amide bonds. The van der Waals surface area contributed by atoms with Gasteiger partial charge in [-0.25, -0.2) is 14.3 Å². The van der Waals surface area contributed by atoms with E-state index in [4.69, 9.17) is 36.1 Å². The molecule has 1 aromatic carbocycles. The molecule has 11 heteroatoms. The van der Waals surface area contributed by atoms with Crippen LogP contribution in [0.2, 0.25) is 5.02 Å². The molecule has 150 valence electrons. The minimum atomic E-state index is -1.82. The van der Waals surface area contributed by atoms with Gasteiger partial charge in [0.2, 0.25) is 5.91 Å². The molecule has 0 saturated carbocycles.